The van der Waals surface area contributed by atoms with E-state index in [0.29, 0.717) is 22.7 Å². The highest BCUT2D eigenvalue weighted by Crippen LogP contribution is 2.41. The predicted molar refractivity (Wildman–Crippen MR) is 127 cm³/mol. The Hall–Kier alpha value is -3.87. The highest BCUT2D eigenvalue weighted by molar-refractivity contribution is 6.51. The summed E-state index contributed by atoms with van der Waals surface area (Å²) in [6.45, 7) is 0. The van der Waals surface area contributed by atoms with Crippen LogP contribution in [0.2, 0.25) is 0 Å². The molecule has 1 saturated heterocycles. The number of ether oxygens (including phenoxy) is 1. The first-order valence-corrected chi connectivity index (χ1v) is 11.5. The van der Waals surface area contributed by atoms with E-state index in [0.717, 1.165) is 37.7 Å². The quantitative estimate of drug-likeness (QED) is 0.322. The van der Waals surface area contributed by atoms with Crippen molar-refractivity contribution in [2.24, 2.45) is 5.92 Å². The van der Waals surface area contributed by atoms with E-state index in [-0.39, 0.29) is 17.3 Å². The largest absolute Gasteiger partial charge is 0.507 e. The third-order valence-corrected chi connectivity index (χ3v) is 6.83. The van der Waals surface area contributed by atoms with Crippen molar-refractivity contribution >= 4 is 23.1 Å². The van der Waals surface area contributed by atoms with Crippen LogP contribution in [0.15, 0.2) is 71.0 Å². The molecule has 3 aromatic rings. The van der Waals surface area contributed by atoms with Crippen molar-refractivity contribution in [2.75, 3.05) is 12.0 Å². The van der Waals surface area contributed by atoms with Gasteiger partial charge in [-0.2, -0.15) is 0 Å². The molecule has 2 heterocycles. The number of benzene rings is 2. The van der Waals surface area contributed by atoms with Crippen LogP contribution in [-0.4, -0.2) is 35.1 Å². The number of methoxy groups -OCH3 is 1. The fourth-order valence-corrected chi connectivity index (χ4v) is 5.09. The highest BCUT2D eigenvalue weighted by atomic mass is 16.5. The van der Waals surface area contributed by atoms with Crippen molar-refractivity contribution < 1.29 is 24.0 Å². The summed E-state index contributed by atoms with van der Waals surface area (Å²) < 4.78 is 10.1. The number of Topliss-reactive ketones (excluding diaryl/α,β-unsaturated/α-hetero) is 1. The second kappa shape index (κ2) is 9.17. The molecule has 2 aromatic carbocycles. The molecule has 174 valence electrons. The number of aliphatic hydroxyl groups excluding tert-OH is 1. The molecule has 5 rings (SSSR count). The summed E-state index contributed by atoms with van der Waals surface area (Å²) >= 11 is 0. The second-order valence-electron chi connectivity index (χ2n) is 8.77. The molecule has 0 bridgehead atoms. The monoisotopic (exact) mass is 458 g/mol. The van der Waals surface area contributed by atoms with E-state index in [4.69, 9.17) is 9.26 Å². The van der Waals surface area contributed by atoms with Crippen LogP contribution in [0, 0.1) is 5.92 Å². The Morgan fingerprint density at radius 1 is 1.00 bits per heavy atom. The van der Waals surface area contributed by atoms with Crippen LogP contribution >= 0.6 is 0 Å². The van der Waals surface area contributed by atoms with E-state index in [1.807, 2.05) is 24.3 Å². The molecule has 2 aliphatic rings. The summed E-state index contributed by atoms with van der Waals surface area (Å²) in [6.07, 6.45) is 6.53. The average molecular weight is 459 g/mol. The number of rotatable bonds is 5. The highest BCUT2D eigenvalue weighted by Gasteiger charge is 2.49. The first-order chi connectivity index (χ1) is 16.6. The van der Waals surface area contributed by atoms with Gasteiger partial charge >= 0.3 is 0 Å². The van der Waals surface area contributed by atoms with Crippen LogP contribution < -0.4 is 9.64 Å². The summed E-state index contributed by atoms with van der Waals surface area (Å²) in [5.74, 6) is -0.662. The standard InChI is InChI=1S/C27H26N2O5/c1-33-21-13-9-19(10-14-21)25(30)23-24(18-5-3-2-4-6-18)29(27(32)26(23)31)20-11-7-17(8-12-20)22-15-16-34-28-22/h7-16,18,24,30H,2-6H2,1H3/b25-23+. The van der Waals surface area contributed by atoms with Crippen LogP contribution in [0.5, 0.6) is 5.75 Å². The van der Waals surface area contributed by atoms with Crippen LogP contribution in [0.3, 0.4) is 0 Å². The lowest BCUT2D eigenvalue weighted by Gasteiger charge is -2.34. The lowest BCUT2D eigenvalue weighted by Crippen LogP contribution is -2.40. The van der Waals surface area contributed by atoms with Crippen LogP contribution in [0.4, 0.5) is 5.69 Å². The SMILES string of the molecule is COc1ccc(/C(O)=C2\C(=O)C(=O)N(c3ccc(-c4ccon4)cc3)C2C2CCCCC2)cc1. The number of carbonyl (C=O) groups excluding carboxylic acids is 2. The van der Waals surface area contributed by atoms with Crippen molar-refractivity contribution in [3.63, 3.8) is 0 Å². The number of amides is 1. The van der Waals surface area contributed by atoms with Gasteiger partial charge in [0.1, 0.15) is 23.5 Å². The Morgan fingerprint density at radius 2 is 1.71 bits per heavy atom. The Kier molecular flexibility index (Phi) is 5.92. The third-order valence-electron chi connectivity index (χ3n) is 6.83. The first-order valence-electron chi connectivity index (χ1n) is 11.5. The number of ketones is 1. The molecule has 1 aliphatic carbocycles. The van der Waals surface area contributed by atoms with Gasteiger partial charge in [0.25, 0.3) is 11.7 Å². The van der Waals surface area contributed by atoms with E-state index in [2.05, 4.69) is 5.16 Å². The fourth-order valence-electron chi connectivity index (χ4n) is 5.09. The first kappa shape index (κ1) is 21.9. The van der Waals surface area contributed by atoms with Gasteiger partial charge in [0.15, 0.2) is 0 Å². The predicted octanol–water partition coefficient (Wildman–Crippen LogP) is 5.18. The van der Waals surface area contributed by atoms with Gasteiger partial charge in [-0.1, -0.05) is 36.6 Å². The molecular weight excluding hydrogens is 432 g/mol. The Bertz CT molecular complexity index is 1210. The fraction of sp³-hybridized carbons (Fsp3) is 0.296. The van der Waals surface area contributed by atoms with Gasteiger partial charge in [-0.3, -0.25) is 14.5 Å². The number of nitrogens with zero attached hydrogens (tertiary/aromatic N) is 2. The maximum absolute atomic E-state index is 13.3. The zero-order valence-electron chi connectivity index (χ0n) is 18.9. The van der Waals surface area contributed by atoms with Gasteiger partial charge in [0.05, 0.1) is 18.7 Å². The molecule has 1 aliphatic heterocycles. The summed E-state index contributed by atoms with van der Waals surface area (Å²) in [6, 6.07) is 15.4. The molecule has 1 N–H and O–H groups in total. The number of anilines is 1. The van der Waals surface area contributed by atoms with Crippen molar-refractivity contribution in [1.29, 1.82) is 0 Å². The smallest absolute Gasteiger partial charge is 0.299 e. The van der Waals surface area contributed by atoms with E-state index in [9.17, 15) is 14.7 Å². The number of aromatic nitrogens is 1. The summed E-state index contributed by atoms with van der Waals surface area (Å²) in [5, 5.41) is 15.2. The van der Waals surface area contributed by atoms with E-state index in [1.54, 1.807) is 42.3 Å². The van der Waals surface area contributed by atoms with Crippen LogP contribution in [0.1, 0.15) is 37.7 Å². The summed E-state index contributed by atoms with van der Waals surface area (Å²) in [7, 11) is 1.57. The molecule has 0 spiro atoms. The number of carbonyl (C=O) groups is 2. The maximum atomic E-state index is 13.3. The average Bonchev–Trinajstić information content (AvgIpc) is 3.52. The summed E-state index contributed by atoms with van der Waals surface area (Å²) in [4.78, 5) is 28.1. The third kappa shape index (κ3) is 3.87. The minimum Gasteiger partial charge on any atom is -0.507 e. The Balaban J connectivity index is 1.58. The molecule has 1 amide bonds. The molecule has 1 aromatic heterocycles. The number of hydrogen-bond acceptors (Lipinski definition) is 6. The topological polar surface area (TPSA) is 92.9 Å². The van der Waals surface area contributed by atoms with E-state index < -0.39 is 17.7 Å². The summed E-state index contributed by atoms with van der Waals surface area (Å²) in [5.41, 5.74) is 2.83. The zero-order valence-corrected chi connectivity index (χ0v) is 18.9. The van der Waals surface area contributed by atoms with Crippen LogP contribution in [-0.2, 0) is 9.59 Å². The number of hydrogen-bond donors (Lipinski definition) is 1. The van der Waals surface area contributed by atoms with Gasteiger partial charge in [-0.25, -0.2) is 0 Å². The van der Waals surface area contributed by atoms with E-state index in [1.165, 1.54) is 6.26 Å². The van der Waals surface area contributed by atoms with Gasteiger partial charge in [0, 0.05) is 22.9 Å². The van der Waals surface area contributed by atoms with Crippen molar-refractivity contribution in [3.8, 4) is 17.0 Å². The minimum atomic E-state index is -0.649. The van der Waals surface area contributed by atoms with Crippen molar-refractivity contribution in [3.05, 3.63) is 72.0 Å². The minimum absolute atomic E-state index is 0.0924. The second-order valence-corrected chi connectivity index (χ2v) is 8.77. The number of aliphatic hydroxyl groups is 1. The normalized spacial score (nSPS) is 20.6. The lowest BCUT2D eigenvalue weighted by molar-refractivity contribution is -0.132. The molecule has 34 heavy (non-hydrogen) atoms. The van der Waals surface area contributed by atoms with Crippen molar-refractivity contribution in [1.82, 2.24) is 5.16 Å². The molecule has 7 nitrogen and oxygen atoms in total. The van der Waals surface area contributed by atoms with Gasteiger partial charge in [0.2, 0.25) is 0 Å². The molecular formula is C27H26N2O5. The van der Waals surface area contributed by atoms with Crippen molar-refractivity contribution in [2.45, 2.75) is 38.1 Å². The lowest BCUT2D eigenvalue weighted by atomic mass is 9.80. The van der Waals surface area contributed by atoms with Crippen LogP contribution in [0.25, 0.3) is 17.0 Å². The molecule has 1 unspecified atom stereocenters. The molecule has 2 fully saturated rings. The van der Waals surface area contributed by atoms with Gasteiger partial charge < -0.3 is 14.4 Å². The van der Waals surface area contributed by atoms with Gasteiger partial charge in [-0.15, -0.1) is 0 Å². The molecule has 0 radical (unpaired) electrons. The van der Waals surface area contributed by atoms with Gasteiger partial charge in [-0.05, 0) is 55.2 Å². The molecule has 1 saturated carbocycles. The Labute approximate surface area is 197 Å². The molecule has 7 heteroatoms. The van der Waals surface area contributed by atoms with E-state index >= 15 is 0 Å². The zero-order chi connectivity index (χ0) is 23.7. The molecule has 1 atom stereocenters. The maximum Gasteiger partial charge on any atom is 0.299 e. The Morgan fingerprint density at radius 3 is 2.32 bits per heavy atom.